The van der Waals surface area contributed by atoms with Crippen LogP contribution in [0, 0.1) is 11.8 Å². The van der Waals surface area contributed by atoms with E-state index >= 15 is 0 Å². The molecule has 2 rings (SSSR count). The molecule has 0 amide bonds. The van der Waals surface area contributed by atoms with Crippen molar-refractivity contribution in [1.82, 2.24) is 0 Å². The van der Waals surface area contributed by atoms with Gasteiger partial charge in [-0.2, -0.15) is 0 Å². The van der Waals surface area contributed by atoms with Crippen LogP contribution in [-0.2, 0) is 0 Å². The Bertz CT molecular complexity index is 288. The molecule has 0 nitrogen and oxygen atoms in total. The van der Waals surface area contributed by atoms with Crippen LogP contribution in [0.25, 0.3) is 0 Å². The zero-order valence-electron chi connectivity index (χ0n) is 8.13. The maximum Gasteiger partial charge on any atom is 0.0175 e. The second kappa shape index (κ2) is 3.45. The molecular formula is C12H15Br. The Balaban J connectivity index is 2.14. The average Bonchev–Trinajstić information content (AvgIpc) is 2.15. The molecule has 0 N–H and O–H groups in total. The average molecular weight is 239 g/mol. The molecule has 0 radical (unpaired) electrons. The van der Waals surface area contributed by atoms with E-state index in [9.17, 15) is 0 Å². The van der Waals surface area contributed by atoms with Crippen molar-refractivity contribution in [3.8, 4) is 0 Å². The van der Waals surface area contributed by atoms with Gasteiger partial charge in [-0.25, -0.2) is 0 Å². The molecule has 1 fully saturated rings. The second-order valence-electron chi connectivity index (χ2n) is 4.23. The van der Waals surface area contributed by atoms with Crippen LogP contribution in [0.5, 0.6) is 0 Å². The van der Waals surface area contributed by atoms with Crippen LogP contribution in [0.15, 0.2) is 28.7 Å². The molecular weight excluding hydrogens is 224 g/mol. The molecule has 1 aromatic rings. The van der Waals surface area contributed by atoms with E-state index in [-0.39, 0.29) is 0 Å². The molecule has 0 bridgehead atoms. The van der Waals surface area contributed by atoms with Crippen LogP contribution in [0.4, 0.5) is 0 Å². The minimum absolute atomic E-state index is 0.808. The molecule has 1 heteroatoms. The first kappa shape index (κ1) is 9.26. The highest BCUT2D eigenvalue weighted by Gasteiger charge is 2.34. The largest absolute Gasteiger partial charge is 0.0622 e. The summed E-state index contributed by atoms with van der Waals surface area (Å²) in [6.45, 7) is 4.71. The molecule has 0 saturated heterocycles. The van der Waals surface area contributed by atoms with Crippen molar-refractivity contribution in [2.45, 2.75) is 26.2 Å². The fourth-order valence-electron chi connectivity index (χ4n) is 2.18. The lowest BCUT2D eigenvalue weighted by molar-refractivity contribution is 0.169. The van der Waals surface area contributed by atoms with Gasteiger partial charge in [0.1, 0.15) is 0 Å². The summed E-state index contributed by atoms with van der Waals surface area (Å²) < 4.78 is 1.18. The number of rotatable bonds is 1. The van der Waals surface area contributed by atoms with Crippen molar-refractivity contribution in [2.75, 3.05) is 0 Å². The van der Waals surface area contributed by atoms with E-state index in [1.807, 2.05) is 0 Å². The Kier molecular flexibility index (Phi) is 2.46. The van der Waals surface area contributed by atoms with E-state index < -0.39 is 0 Å². The Morgan fingerprint density at radius 1 is 1.15 bits per heavy atom. The summed E-state index contributed by atoms with van der Waals surface area (Å²) in [4.78, 5) is 0. The minimum atomic E-state index is 0.808. The van der Waals surface area contributed by atoms with Gasteiger partial charge in [0, 0.05) is 4.47 Å². The Morgan fingerprint density at radius 3 is 2.23 bits per heavy atom. The van der Waals surface area contributed by atoms with Gasteiger partial charge >= 0.3 is 0 Å². The number of benzene rings is 1. The lowest BCUT2D eigenvalue weighted by atomic mass is 9.64. The van der Waals surface area contributed by atoms with Gasteiger partial charge in [-0.05, 0) is 41.9 Å². The monoisotopic (exact) mass is 238 g/mol. The highest BCUT2D eigenvalue weighted by atomic mass is 79.9. The third-order valence-corrected chi connectivity index (χ3v) is 3.98. The number of hydrogen-bond acceptors (Lipinski definition) is 0. The first-order chi connectivity index (χ1) is 6.18. The first-order valence-electron chi connectivity index (χ1n) is 4.94. The third kappa shape index (κ3) is 1.67. The molecule has 3 atom stereocenters. The number of halogens is 1. The maximum atomic E-state index is 3.46. The van der Waals surface area contributed by atoms with E-state index in [0.717, 1.165) is 17.8 Å². The van der Waals surface area contributed by atoms with Crippen molar-refractivity contribution in [3.05, 3.63) is 34.3 Å². The van der Waals surface area contributed by atoms with Gasteiger partial charge in [-0.3, -0.25) is 0 Å². The summed E-state index contributed by atoms with van der Waals surface area (Å²) in [7, 11) is 0. The van der Waals surface area contributed by atoms with Crippen molar-refractivity contribution in [1.29, 1.82) is 0 Å². The van der Waals surface area contributed by atoms with E-state index in [4.69, 9.17) is 0 Å². The van der Waals surface area contributed by atoms with Crippen LogP contribution in [-0.4, -0.2) is 0 Å². The number of hydrogen-bond donors (Lipinski definition) is 0. The molecule has 70 valence electrons. The standard InChI is InChI=1S/C12H15Br/c1-8-7-12(9(8)2)10-3-5-11(13)6-4-10/h3-6,8-9,12H,7H2,1-2H3. The smallest absolute Gasteiger partial charge is 0.0175 e. The third-order valence-electron chi connectivity index (χ3n) is 3.46. The fraction of sp³-hybridized carbons (Fsp3) is 0.500. The minimum Gasteiger partial charge on any atom is -0.0622 e. The van der Waals surface area contributed by atoms with Crippen LogP contribution in [0.3, 0.4) is 0 Å². The molecule has 3 unspecified atom stereocenters. The molecule has 0 aromatic heterocycles. The summed E-state index contributed by atoms with van der Waals surface area (Å²) in [5.41, 5.74) is 1.51. The summed E-state index contributed by atoms with van der Waals surface area (Å²) in [6, 6.07) is 8.78. The molecule has 0 spiro atoms. The SMILES string of the molecule is CC1CC(c2ccc(Br)cc2)C1C. The van der Waals surface area contributed by atoms with Crippen LogP contribution < -0.4 is 0 Å². The van der Waals surface area contributed by atoms with E-state index in [0.29, 0.717) is 0 Å². The van der Waals surface area contributed by atoms with Gasteiger partial charge < -0.3 is 0 Å². The lowest BCUT2D eigenvalue weighted by Gasteiger charge is -2.41. The normalized spacial score (nSPS) is 32.7. The van der Waals surface area contributed by atoms with Crippen LogP contribution >= 0.6 is 15.9 Å². The van der Waals surface area contributed by atoms with Crippen molar-refractivity contribution in [2.24, 2.45) is 11.8 Å². The zero-order chi connectivity index (χ0) is 9.42. The van der Waals surface area contributed by atoms with E-state index in [1.165, 1.54) is 16.5 Å². The highest BCUT2D eigenvalue weighted by Crippen LogP contribution is 2.46. The van der Waals surface area contributed by atoms with Crippen LogP contribution in [0.1, 0.15) is 31.7 Å². The molecule has 13 heavy (non-hydrogen) atoms. The van der Waals surface area contributed by atoms with Crippen molar-refractivity contribution >= 4 is 15.9 Å². The highest BCUT2D eigenvalue weighted by molar-refractivity contribution is 9.10. The molecule has 0 aliphatic heterocycles. The molecule has 1 aromatic carbocycles. The Morgan fingerprint density at radius 2 is 1.77 bits per heavy atom. The second-order valence-corrected chi connectivity index (χ2v) is 5.15. The molecule has 1 aliphatic rings. The van der Waals surface area contributed by atoms with Gasteiger partial charge in [0.05, 0.1) is 0 Å². The van der Waals surface area contributed by atoms with Gasteiger partial charge in [0.15, 0.2) is 0 Å². The van der Waals surface area contributed by atoms with Crippen molar-refractivity contribution < 1.29 is 0 Å². The van der Waals surface area contributed by atoms with E-state index in [2.05, 4.69) is 54.0 Å². The predicted molar refractivity (Wildman–Crippen MR) is 59.8 cm³/mol. The van der Waals surface area contributed by atoms with Crippen LogP contribution in [0.2, 0.25) is 0 Å². The van der Waals surface area contributed by atoms with Gasteiger partial charge in [0.2, 0.25) is 0 Å². The summed E-state index contributed by atoms with van der Waals surface area (Å²) in [6.07, 6.45) is 1.36. The quantitative estimate of drug-likeness (QED) is 0.688. The lowest BCUT2D eigenvalue weighted by Crippen LogP contribution is -2.30. The van der Waals surface area contributed by atoms with Gasteiger partial charge in [0.25, 0.3) is 0 Å². The predicted octanol–water partition coefficient (Wildman–Crippen LogP) is 4.21. The summed E-state index contributed by atoms with van der Waals surface area (Å²) in [5.74, 6) is 2.58. The molecule has 0 heterocycles. The fourth-order valence-corrected chi connectivity index (χ4v) is 2.44. The summed E-state index contributed by atoms with van der Waals surface area (Å²) in [5, 5.41) is 0. The topological polar surface area (TPSA) is 0 Å². The maximum absolute atomic E-state index is 3.46. The molecule has 1 aliphatic carbocycles. The Hall–Kier alpha value is -0.300. The molecule has 1 saturated carbocycles. The van der Waals surface area contributed by atoms with Gasteiger partial charge in [-0.15, -0.1) is 0 Å². The van der Waals surface area contributed by atoms with E-state index in [1.54, 1.807) is 0 Å². The first-order valence-corrected chi connectivity index (χ1v) is 5.73. The zero-order valence-corrected chi connectivity index (χ0v) is 9.71. The van der Waals surface area contributed by atoms with Gasteiger partial charge in [-0.1, -0.05) is 41.9 Å². The Labute approximate surface area is 88.5 Å². The van der Waals surface area contributed by atoms with Crippen molar-refractivity contribution in [3.63, 3.8) is 0 Å². The summed E-state index contributed by atoms with van der Waals surface area (Å²) >= 11 is 3.46.